The zero-order valence-corrected chi connectivity index (χ0v) is 12.9. The molecule has 0 aliphatic heterocycles. The Bertz CT molecular complexity index is 526. The highest BCUT2D eigenvalue weighted by molar-refractivity contribution is 5.96. The first kappa shape index (κ1) is 16.8. The van der Waals surface area contributed by atoms with Gasteiger partial charge in [-0.1, -0.05) is 18.2 Å². The van der Waals surface area contributed by atoms with Gasteiger partial charge in [-0.2, -0.15) is 0 Å². The van der Waals surface area contributed by atoms with Crippen molar-refractivity contribution in [3.05, 3.63) is 42.0 Å². The minimum Gasteiger partial charge on any atom is -0.362 e. The third-order valence-corrected chi connectivity index (χ3v) is 3.08. The highest BCUT2D eigenvalue weighted by Crippen LogP contribution is 2.21. The van der Waals surface area contributed by atoms with Crippen LogP contribution in [0.3, 0.4) is 0 Å². The summed E-state index contributed by atoms with van der Waals surface area (Å²) in [5.41, 5.74) is 3.25. The van der Waals surface area contributed by atoms with Crippen LogP contribution in [-0.4, -0.2) is 31.6 Å². The molecule has 0 aliphatic rings. The van der Waals surface area contributed by atoms with Gasteiger partial charge in [0, 0.05) is 18.8 Å². The van der Waals surface area contributed by atoms with E-state index in [-0.39, 0.29) is 12.5 Å². The Balaban J connectivity index is 2.69. The van der Waals surface area contributed by atoms with Gasteiger partial charge in [0.1, 0.15) is 0 Å². The number of nitrogens with zero attached hydrogens (tertiary/aromatic N) is 1. The Morgan fingerprint density at radius 2 is 2.05 bits per heavy atom. The number of nitrogens with one attached hydrogen (secondary N) is 2. The monoisotopic (exact) mass is 289 g/mol. The first-order chi connectivity index (χ1) is 9.97. The molecular formula is C16H23N3O2. The van der Waals surface area contributed by atoms with E-state index in [0.29, 0.717) is 13.1 Å². The van der Waals surface area contributed by atoms with Crippen molar-refractivity contribution in [1.29, 1.82) is 0 Å². The summed E-state index contributed by atoms with van der Waals surface area (Å²) in [6.45, 7) is 10.6. The zero-order chi connectivity index (χ0) is 15.8. The summed E-state index contributed by atoms with van der Waals surface area (Å²) in [5.74, 6) is -0.334. The predicted octanol–water partition coefficient (Wildman–Crippen LogP) is 2.14. The van der Waals surface area contributed by atoms with Crippen LogP contribution < -0.4 is 15.5 Å². The van der Waals surface area contributed by atoms with Crippen molar-refractivity contribution in [2.24, 2.45) is 0 Å². The molecule has 114 valence electrons. The summed E-state index contributed by atoms with van der Waals surface area (Å²) in [6, 6.07) is 5.61. The number of imide groups is 1. The lowest BCUT2D eigenvalue weighted by Gasteiger charge is -2.24. The molecule has 5 heteroatoms. The molecule has 1 rings (SSSR count). The van der Waals surface area contributed by atoms with Crippen molar-refractivity contribution in [1.82, 2.24) is 10.6 Å². The van der Waals surface area contributed by atoms with Gasteiger partial charge in [-0.05, 0) is 38.0 Å². The zero-order valence-electron chi connectivity index (χ0n) is 12.9. The third kappa shape index (κ3) is 5.30. The lowest BCUT2D eigenvalue weighted by Crippen LogP contribution is -2.44. The number of likely N-dealkylation sites (N-methyl/N-ethyl adjacent to an activating group) is 1. The van der Waals surface area contributed by atoms with Crippen molar-refractivity contribution in [2.75, 3.05) is 24.5 Å². The van der Waals surface area contributed by atoms with Gasteiger partial charge in [-0.15, -0.1) is 6.58 Å². The fraction of sp³-hybridized carbons (Fsp3) is 0.375. The SMILES string of the molecule is C=CCNC(=O)NC(=O)CN(CC)c1cc(C)ccc1C. The van der Waals surface area contributed by atoms with E-state index in [0.717, 1.165) is 16.8 Å². The molecule has 2 N–H and O–H groups in total. The lowest BCUT2D eigenvalue weighted by molar-refractivity contribution is -0.118. The van der Waals surface area contributed by atoms with E-state index in [1.807, 2.05) is 43.9 Å². The number of hydrogen-bond donors (Lipinski definition) is 2. The standard InChI is InChI=1S/C16H23N3O2/c1-5-9-17-16(21)18-15(20)11-19(6-2)14-10-12(3)7-8-13(14)4/h5,7-8,10H,1,6,9,11H2,2-4H3,(H2,17,18,20,21). The Hall–Kier alpha value is -2.30. The van der Waals surface area contributed by atoms with E-state index in [4.69, 9.17) is 0 Å². The molecule has 0 heterocycles. The fourth-order valence-electron chi connectivity index (χ4n) is 1.98. The minimum absolute atomic E-state index is 0.141. The molecule has 3 amide bonds. The summed E-state index contributed by atoms with van der Waals surface area (Å²) in [7, 11) is 0. The molecule has 0 saturated carbocycles. The van der Waals surface area contributed by atoms with Crippen LogP contribution in [0.1, 0.15) is 18.1 Å². The second-order valence-electron chi connectivity index (χ2n) is 4.85. The molecular weight excluding hydrogens is 266 g/mol. The van der Waals surface area contributed by atoms with Crippen LogP contribution in [0.15, 0.2) is 30.9 Å². The molecule has 0 aliphatic carbocycles. The normalized spacial score (nSPS) is 9.86. The summed E-state index contributed by atoms with van der Waals surface area (Å²) >= 11 is 0. The Kier molecular flexibility index (Phi) is 6.46. The van der Waals surface area contributed by atoms with Gasteiger partial charge in [0.15, 0.2) is 0 Å². The highest BCUT2D eigenvalue weighted by Gasteiger charge is 2.14. The number of rotatable bonds is 6. The molecule has 0 atom stereocenters. The second-order valence-corrected chi connectivity index (χ2v) is 4.85. The van der Waals surface area contributed by atoms with E-state index in [2.05, 4.69) is 17.2 Å². The van der Waals surface area contributed by atoms with E-state index in [9.17, 15) is 9.59 Å². The first-order valence-electron chi connectivity index (χ1n) is 6.98. The van der Waals surface area contributed by atoms with Gasteiger partial charge in [0.25, 0.3) is 0 Å². The molecule has 1 aromatic rings. The molecule has 0 aromatic heterocycles. The first-order valence-corrected chi connectivity index (χ1v) is 6.98. The lowest BCUT2D eigenvalue weighted by atomic mass is 10.1. The van der Waals surface area contributed by atoms with Gasteiger partial charge >= 0.3 is 6.03 Å². The Morgan fingerprint density at radius 3 is 2.67 bits per heavy atom. The van der Waals surface area contributed by atoms with Crippen LogP contribution in [0, 0.1) is 13.8 Å². The largest absolute Gasteiger partial charge is 0.362 e. The smallest absolute Gasteiger partial charge is 0.321 e. The molecule has 0 unspecified atom stereocenters. The van der Waals surface area contributed by atoms with Crippen LogP contribution in [0.4, 0.5) is 10.5 Å². The van der Waals surface area contributed by atoms with Crippen LogP contribution in [0.5, 0.6) is 0 Å². The minimum atomic E-state index is -0.503. The number of anilines is 1. The van der Waals surface area contributed by atoms with Crippen LogP contribution >= 0.6 is 0 Å². The quantitative estimate of drug-likeness (QED) is 0.789. The number of benzene rings is 1. The van der Waals surface area contributed by atoms with Crippen molar-refractivity contribution < 1.29 is 9.59 Å². The van der Waals surface area contributed by atoms with Crippen molar-refractivity contribution in [3.8, 4) is 0 Å². The van der Waals surface area contributed by atoms with Gasteiger partial charge < -0.3 is 10.2 Å². The molecule has 0 radical (unpaired) electrons. The molecule has 0 spiro atoms. The van der Waals surface area contributed by atoms with Crippen molar-refractivity contribution >= 4 is 17.6 Å². The third-order valence-electron chi connectivity index (χ3n) is 3.08. The van der Waals surface area contributed by atoms with Crippen molar-refractivity contribution in [2.45, 2.75) is 20.8 Å². The number of amides is 3. The fourth-order valence-corrected chi connectivity index (χ4v) is 1.98. The summed E-state index contributed by atoms with van der Waals surface area (Å²) in [6.07, 6.45) is 1.55. The predicted molar refractivity (Wildman–Crippen MR) is 85.5 cm³/mol. The number of hydrogen-bond acceptors (Lipinski definition) is 3. The van der Waals surface area contributed by atoms with E-state index in [1.165, 1.54) is 0 Å². The highest BCUT2D eigenvalue weighted by atomic mass is 16.2. The molecule has 0 bridgehead atoms. The maximum Gasteiger partial charge on any atom is 0.321 e. The average Bonchev–Trinajstić information content (AvgIpc) is 2.45. The molecule has 1 aromatic carbocycles. The van der Waals surface area contributed by atoms with E-state index < -0.39 is 6.03 Å². The summed E-state index contributed by atoms with van der Waals surface area (Å²) in [5, 5.41) is 4.81. The van der Waals surface area contributed by atoms with Crippen LogP contribution in [0.25, 0.3) is 0 Å². The van der Waals surface area contributed by atoms with Gasteiger partial charge in [-0.25, -0.2) is 4.79 Å². The number of urea groups is 1. The Labute approximate surface area is 126 Å². The maximum absolute atomic E-state index is 11.9. The molecule has 0 fully saturated rings. The molecule has 21 heavy (non-hydrogen) atoms. The number of aryl methyl sites for hydroxylation is 2. The summed E-state index contributed by atoms with van der Waals surface area (Å²) < 4.78 is 0. The number of carbonyl (C=O) groups is 2. The molecule has 0 saturated heterocycles. The van der Waals surface area contributed by atoms with Gasteiger partial charge in [0.05, 0.1) is 6.54 Å². The number of carbonyl (C=O) groups excluding carboxylic acids is 2. The summed E-state index contributed by atoms with van der Waals surface area (Å²) in [4.78, 5) is 25.3. The van der Waals surface area contributed by atoms with Crippen LogP contribution in [0.2, 0.25) is 0 Å². The topological polar surface area (TPSA) is 61.4 Å². The Morgan fingerprint density at radius 1 is 1.33 bits per heavy atom. The van der Waals surface area contributed by atoms with Gasteiger partial charge in [0.2, 0.25) is 5.91 Å². The van der Waals surface area contributed by atoms with Gasteiger partial charge in [-0.3, -0.25) is 10.1 Å². The van der Waals surface area contributed by atoms with E-state index in [1.54, 1.807) is 6.08 Å². The average molecular weight is 289 g/mol. The second kappa shape index (κ2) is 8.09. The molecule has 5 nitrogen and oxygen atoms in total. The van der Waals surface area contributed by atoms with Crippen LogP contribution in [-0.2, 0) is 4.79 Å². The van der Waals surface area contributed by atoms with Crippen molar-refractivity contribution in [3.63, 3.8) is 0 Å². The maximum atomic E-state index is 11.9. The van der Waals surface area contributed by atoms with E-state index >= 15 is 0 Å².